The zero-order valence-corrected chi connectivity index (χ0v) is 12.6. The zero-order valence-electron chi connectivity index (χ0n) is 10.1. The van der Waals surface area contributed by atoms with Crippen LogP contribution in [-0.2, 0) is 24.5 Å². The quantitative estimate of drug-likeness (QED) is 0.884. The molecular weight excluding hydrogens is 312 g/mol. The van der Waals surface area contributed by atoms with Crippen LogP contribution < -0.4 is 5.32 Å². The van der Waals surface area contributed by atoms with Crippen molar-refractivity contribution >= 4 is 27.3 Å². The van der Waals surface area contributed by atoms with Crippen molar-refractivity contribution in [1.82, 2.24) is 10.3 Å². The predicted octanol–water partition coefficient (Wildman–Crippen LogP) is 3.34. The molecule has 2 rings (SSSR count). The molecule has 1 heterocycles. The number of hydrogen-bond acceptors (Lipinski definition) is 4. The van der Waals surface area contributed by atoms with Crippen molar-refractivity contribution in [2.24, 2.45) is 0 Å². The Labute approximate surface area is 119 Å². The molecule has 0 radical (unpaired) electrons. The summed E-state index contributed by atoms with van der Waals surface area (Å²) in [6, 6.07) is 8.14. The van der Waals surface area contributed by atoms with Gasteiger partial charge in [-0.2, -0.15) is 0 Å². The first-order valence-corrected chi connectivity index (χ1v) is 7.35. The van der Waals surface area contributed by atoms with Crippen molar-refractivity contribution in [3.05, 3.63) is 50.4 Å². The summed E-state index contributed by atoms with van der Waals surface area (Å²) in [6.07, 6.45) is 0. The molecule has 0 saturated carbocycles. The molecule has 3 nitrogen and oxygen atoms in total. The van der Waals surface area contributed by atoms with Gasteiger partial charge >= 0.3 is 0 Å². The minimum atomic E-state index is 0.562. The van der Waals surface area contributed by atoms with Crippen molar-refractivity contribution in [2.75, 3.05) is 7.05 Å². The molecule has 96 valence electrons. The molecule has 0 atom stereocenters. The van der Waals surface area contributed by atoms with Gasteiger partial charge in [-0.25, -0.2) is 4.98 Å². The average Bonchev–Trinajstić information content (AvgIpc) is 2.78. The highest BCUT2D eigenvalue weighted by molar-refractivity contribution is 9.10. The van der Waals surface area contributed by atoms with Gasteiger partial charge < -0.3 is 10.1 Å². The second kappa shape index (κ2) is 6.99. The van der Waals surface area contributed by atoms with Crippen LogP contribution in [0.2, 0.25) is 0 Å². The van der Waals surface area contributed by atoms with Crippen LogP contribution in [0, 0.1) is 0 Å². The summed E-state index contributed by atoms with van der Waals surface area (Å²) in [7, 11) is 1.92. The highest BCUT2D eigenvalue weighted by Crippen LogP contribution is 2.14. The third kappa shape index (κ3) is 4.17. The third-order valence-electron chi connectivity index (χ3n) is 2.34. The highest BCUT2D eigenvalue weighted by Gasteiger charge is 2.01. The van der Waals surface area contributed by atoms with Crippen molar-refractivity contribution in [3.8, 4) is 0 Å². The van der Waals surface area contributed by atoms with Crippen molar-refractivity contribution in [2.45, 2.75) is 19.8 Å². The summed E-state index contributed by atoms with van der Waals surface area (Å²) in [6.45, 7) is 1.99. The predicted molar refractivity (Wildman–Crippen MR) is 77.5 cm³/mol. The number of thiazole rings is 1. The Morgan fingerprint density at radius 1 is 1.39 bits per heavy atom. The van der Waals surface area contributed by atoms with Crippen LogP contribution in [-0.4, -0.2) is 12.0 Å². The van der Waals surface area contributed by atoms with Gasteiger partial charge in [0.05, 0.1) is 18.9 Å². The van der Waals surface area contributed by atoms with Gasteiger partial charge in [-0.3, -0.25) is 0 Å². The normalized spacial score (nSPS) is 10.8. The topological polar surface area (TPSA) is 34.2 Å². The Kier molecular flexibility index (Phi) is 5.31. The second-order valence-electron chi connectivity index (χ2n) is 3.89. The lowest BCUT2D eigenvalue weighted by Gasteiger charge is -2.03. The van der Waals surface area contributed by atoms with E-state index in [0.717, 1.165) is 27.3 Å². The van der Waals surface area contributed by atoms with E-state index in [4.69, 9.17) is 4.74 Å². The molecule has 1 N–H and O–H groups in total. The molecule has 5 heteroatoms. The first-order chi connectivity index (χ1) is 8.78. The number of rotatable bonds is 6. The maximum atomic E-state index is 5.66. The molecule has 0 fully saturated rings. The Balaban J connectivity index is 1.81. The Morgan fingerprint density at radius 2 is 2.28 bits per heavy atom. The number of nitrogens with one attached hydrogen (secondary N) is 1. The van der Waals surface area contributed by atoms with Crippen LogP contribution in [0.25, 0.3) is 0 Å². The Morgan fingerprint density at radius 3 is 3.06 bits per heavy atom. The van der Waals surface area contributed by atoms with E-state index < -0.39 is 0 Å². The van der Waals surface area contributed by atoms with Crippen LogP contribution in [0.4, 0.5) is 0 Å². The number of benzene rings is 1. The second-order valence-corrected chi connectivity index (χ2v) is 5.74. The summed E-state index contributed by atoms with van der Waals surface area (Å²) in [4.78, 5) is 4.47. The largest absolute Gasteiger partial charge is 0.370 e. The molecule has 0 aliphatic rings. The maximum absolute atomic E-state index is 5.66. The number of aromatic nitrogens is 1. The van der Waals surface area contributed by atoms with E-state index in [2.05, 4.69) is 38.4 Å². The van der Waals surface area contributed by atoms with E-state index in [9.17, 15) is 0 Å². The minimum Gasteiger partial charge on any atom is -0.370 e. The van der Waals surface area contributed by atoms with E-state index >= 15 is 0 Å². The minimum absolute atomic E-state index is 0.562. The first-order valence-electron chi connectivity index (χ1n) is 5.68. The molecule has 2 aromatic rings. The molecule has 0 spiro atoms. The number of ether oxygens (including phenoxy) is 1. The fourth-order valence-electron chi connectivity index (χ4n) is 1.55. The van der Waals surface area contributed by atoms with Crippen LogP contribution in [0.15, 0.2) is 34.1 Å². The van der Waals surface area contributed by atoms with Crippen LogP contribution in [0.3, 0.4) is 0 Å². The first kappa shape index (κ1) is 13.7. The summed E-state index contributed by atoms with van der Waals surface area (Å²) in [5, 5.41) is 6.23. The molecule has 0 amide bonds. The fraction of sp³-hybridized carbons (Fsp3) is 0.308. The molecule has 0 saturated heterocycles. The van der Waals surface area contributed by atoms with Gasteiger partial charge in [-0.15, -0.1) is 11.3 Å². The molecule has 18 heavy (non-hydrogen) atoms. The SMILES string of the molecule is CNCc1nc(COCc2cccc(Br)c2)cs1. The zero-order chi connectivity index (χ0) is 12.8. The molecule has 0 bridgehead atoms. The van der Waals surface area contributed by atoms with Crippen molar-refractivity contribution < 1.29 is 4.74 Å². The summed E-state index contributed by atoms with van der Waals surface area (Å²) in [5.74, 6) is 0. The lowest BCUT2D eigenvalue weighted by molar-refractivity contribution is 0.105. The smallest absolute Gasteiger partial charge is 0.107 e. The molecule has 0 aliphatic heterocycles. The lowest BCUT2D eigenvalue weighted by Crippen LogP contribution is -2.04. The molecule has 1 aromatic carbocycles. The van der Waals surface area contributed by atoms with Crippen molar-refractivity contribution in [3.63, 3.8) is 0 Å². The number of halogens is 1. The van der Waals surface area contributed by atoms with Gasteiger partial charge in [0.25, 0.3) is 0 Å². The standard InChI is InChI=1S/C13H15BrN2OS/c1-15-6-13-16-12(9-18-13)8-17-7-10-3-2-4-11(14)5-10/h2-5,9,15H,6-8H2,1H3. The number of hydrogen-bond donors (Lipinski definition) is 1. The van der Waals surface area contributed by atoms with Crippen LogP contribution in [0.5, 0.6) is 0 Å². The lowest BCUT2D eigenvalue weighted by atomic mass is 10.2. The van der Waals surface area contributed by atoms with E-state index in [-0.39, 0.29) is 0 Å². The summed E-state index contributed by atoms with van der Waals surface area (Å²) < 4.78 is 6.73. The molecule has 1 aromatic heterocycles. The van der Waals surface area contributed by atoms with Crippen molar-refractivity contribution in [1.29, 1.82) is 0 Å². The fourth-order valence-corrected chi connectivity index (χ4v) is 2.78. The van der Waals surface area contributed by atoms with E-state index in [1.807, 2.05) is 24.6 Å². The monoisotopic (exact) mass is 326 g/mol. The maximum Gasteiger partial charge on any atom is 0.107 e. The van der Waals surface area contributed by atoms with Gasteiger partial charge in [0.1, 0.15) is 5.01 Å². The van der Waals surface area contributed by atoms with Gasteiger partial charge in [0.2, 0.25) is 0 Å². The summed E-state index contributed by atoms with van der Waals surface area (Å²) >= 11 is 5.11. The van der Waals surface area contributed by atoms with Gasteiger partial charge in [0.15, 0.2) is 0 Å². The number of nitrogens with zero attached hydrogens (tertiary/aromatic N) is 1. The van der Waals surface area contributed by atoms with Gasteiger partial charge in [-0.1, -0.05) is 28.1 Å². The van der Waals surface area contributed by atoms with E-state index in [0.29, 0.717) is 13.2 Å². The van der Waals surface area contributed by atoms with Gasteiger partial charge in [-0.05, 0) is 24.7 Å². The Bertz CT molecular complexity index is 501. The molecule has 0 aliphatic carbocycles. The van der Waals surface area contributed by atoms with E-state index in [1.165, 1.54) is 0 Å². The Hall–Kier alpha value is -0.750. The van der Waals surface area contributed by atoms with E-state index in [1.54, 1.807) is 11.3 Å². The van der Waals surface area contributed by atoms with Crippen LogP contribution in [0.1, 0.15) is 16.3 Å². The third-order valence-corrected chi connectivity index (χ3v) is 3.73. The van der Waals surface area contributed by atoms with Crippen LogP contribution >= 0.6 is 27.3 Å². The molecule has 0 unspecified atom stereocenters. The summed E-state index contributed by atoms with van der Waals surface area (Å²) in [5.41, 5.74) is 2.16. The molecular formula is C13H15BrN2OS. The average molecular weight is 327 g/mol. The highest BCUT2D eigenvalue weighted by atomic mass is 79.9. The van der Waals surface area contributed by atoms with Gasteiger partial charge in [0, 0.05) is 16.4 Å².